The van der Waals surface area contributed by atoms with Gasteiger partial charge in [-0.1, -0.05) is 12.1 Å². The van der Waals surface area contributed by atoms with Gasteiger partial charge >= 0.3 is 0 Å². The van der Waals surface area contributed by atoms with Crippen LogP contribution in [0.25, 0.3) is 0 Å². The summed E-state index contributed by atoms with van der Waals surface area (Å²) in [5.41, 5.74) is 6.73. The molecule has 2 rings (SSSR count). The molecule has 1 nitrogen and oxygen atoms in total. The Kier molecular flexibility index (Phi) is 3.69. The van der Waals surface area contributed by atoms with Gasteiger partial charge in [0.25, 0.3) is 0 Å². The van der Waals surface area contributed by atoms with Gasteiger partial charge in [-0.15, -0.1) is 0 Å². The first-order chi connectivity index (χ1) is 7.20. The molecule has 0 bridgehead atoms. The van der Waals surface area contributed by atoms with Crippen LogP contribution in [-0.4, -0.2) is 11.5 Å². The van der Waals surface area contributed by atoms with Crippen LogP contribution in [0.5, 0.6) is 0 Å². The van der Waals surface area contributed by atoms with Gasteiger partial charge in [-0.25, -0.2) is 4.39 Å². The van der Waals surface area contributed by atoms with Crippen LogP contribution in [0.2, 0.25) is 0 Å². The number of benzene rings is 1. The first-order valence-corrected chi connectivity index (χ1v) is 6.92. The van der Waals surface area contributed by atoms with Crippen LogP contribution in [0.3, 0.4) is 0 Å². The molecular weight excluding hydrogens is 277 g/mol. The Balaban J connectivity index is 2.24. The molecular formula is C11H13BrFNS. The lowest BCUT2D eigenvalue weighted by atomic mass is 9.93. The largest absolute Gasteiger partial charge is 0.324 e. The van der Waals surface area contributed by atoms with Gasteiger partial charge in [0.2, 0.25) is 0 Å². The van der Waals surface area contributed by atoms with E-state index in [-0.39, 0.29) is 11.9 Å². The maximum atomic E-state index is 13.8. The van der Waals surface area contributed by atoms with E-state index in [1.165, 1.54) is 0 Å². The summed E-state index contributed by atoms with van der Waals surface area (Å²) in [6, 6.07) is 5.16. The van der Waals surface area contributed by atoms with Gasteiger partial charge in [0.1, 0.15) is 5.82 Å². The molecule has 0 aliphatic carbocycles. The van der Waals surface area contributed by atoms with Crippen molar-refractivity contribution >= 4 is 27.7 Å². The average molecular weight is 290 g/mol. The lowest BCUT2D eigenvalue weighted by Crippen LogP contribution is -2.22. The van der Waals surface area contributed by atoms with Gasteiger partial charge in [0.05, 0.1) is 4.47 Å². The SMILES string of the molecule is NC(c1cccc(Br)c1F)C1CCSC1. The van der Waals surface area contributed by atoms with Gasteiger partial charge < -0.3 is 5.73 Å². The lowest BCUT2D eigenvalue weighted by Gasteiger charge is -2.19. The number of nitrogens with two attached hydrogens (primary N) is 1. The minimum Gasteiger partial charge on any atom is -0.324 e. The van der Waals surface area contributed by atoms with Crippen LogP contribution >= 0.6 is 27.7 Å². The van der Waals surface area contributed by atoms with Gasteiger partial charge in [-0.2, -0.15) is 11.8 Å². The maximum absolute atomic E-state index is 13.8. The Morgan fingerprint density at radius 1 is 1.53 bits per heavy atom. The summed E-state index contributed by atoms with van der Waals surface area (Å²) >= 11 is 5.09. The molecule has 2 atom stereocenters. The average Bonchev–Trinajstić information content (AvgIpc) is 2.74. The molecule has 1 heterocycles. The Bertz CT molecular complexity index is 352. The fourth-order valence-corrected chi connectivity index (χ4v) is 3.56. The second kappa shape index (κ2) is 4.85. The number of hydrogen-bond acceptors (Lipinski definition) is 2. The van der Waals surface area contributed by atoms with Crippen LogP contribution in [-0.2, 0) is 0 Å². The highest BCUT2D eigenvalue weighted by Gasteiger charge is 2.26. The van der Waals surface area contributed by atoms with Crippen LogP contribution < -0.4 is 5.73 Å². The highest BCUT2D eigenvalue weighted by Crippen LogP contribution is 2.34. The van der Waals surface area contributed by atoms with Crippen molar-refractivity contribution in [3.63, 3.8) is 0 Å². The van der Waals surface area contributed by atoms with Gasteiger partial charge in [-0.3, -0.25) is 0 Å². The zero-order chi connectivity index (χ0) is 10.8. The number of rotatable bonds is 2. The summed E-state index contributed by atoms with van der Waals surface area (Å²) < 4.78 is 14.3. The molecule has 1 saturated heterocycles. The van der Waals surface area contributed by atoms with E-state index in [0.29, 0.717) is 16.0 Å². The lowest BCUT2D eigenvalue weighted by molar-refractivity contribution is 0.459. The van der Waals surface area contributed by atoms with E-state index in [1.807, 2.05) is 17.8 Å². The fourth-order valence-electron chi connectivity index (χ4n) is 1.87. The topological polar surface area (TPSA) is 26.0 Å². The van der Waals surface area contributed by atoms with Crippen LogP contribution in [0.1, 0.15) is 18.0 Å². The van der Waals surface area contributed by atoms with E-state index in [0.717, 1.165) is 17.9 Å². The molecule has 0 amide bonds. The minimum atomic E-state index is -0.207. The van der Waals surface area contributed by atoms with Crippen molar-refractivity contribution in [2.75, 3.05) is 11.5 Å². The first kappa shape index (κ1) is 11.4. The van der Waals surface area contributed by atoms with Crippen molar-refractivity contribution in [2.24, 2.45) is 11.7 Å². The summed E-state index contributed by atoms with van der Waals surface area (Å²) in [4.78, 5) is 0. The molecule has 15 heavy (non-hydrogen) atoms. The summed E-state index contributed by atoms with van der Waals surface area (Å²) in [6.07, 6.45) is 1.10. The van der Waals surface area contributed by atoms with Crippen molar-refractivity contribution in [3.8, 4) is 0 Å². The van der Waals surface area contributed by atoms with E-state index in [1.54, 1.807) is 12.1 Å². The molecule has 0 saturated carbocycles. The van der Waals surface area contributed by atoms with E-state index < -0.39 is 0 Å². The second-order valence-corrected chi connectivity index (χ2v) is 5.80. The molecule has 4 heteroatoms. The minimum absolute atomic E-state index is 0.169. The molecule has 0 aromatic heterocycles. The second-order valence-electron chi connectivity index (χ2n) is 3.79. The Labute approximate surface area is 102 Å². The monoisotopic (exact) mass is 289 g/mol. The van der Waals surface area contributed by atoms with Gasteiger partial charge in [0, 0.05) is 11.6 Å². The first-order valence-electron chi connectivity index (χ1n) is 4.97. The normalized spacial score (nSPS) is 23.0. The van der Waals surface area contributed by atoms with Crippen molar-refractivity contribution in [3.05, 3.63) is 34.1 Å². The summed E-state index contributed by atoms with van der Waals surface area (Å²) in [5, 5.41) is 0. The van der Waals surface area contributed by atoms with E-state index in [9.17, 15) is 4.39 Å². The highest BCUT2D eigenvalue weighted by atomic mass is 79.9. The molecule has 0 radical (unpaired) electrons. The molecule has 1 aliphatic rings. The van der Waals surface area contributed by atoms with E-state index in [4.69, 9.17) is 5.73 Å². The third kappa shape index (κ3) is 2.37. The molecule has 2 N–H and O–H groups in total. The summed E-state index contributed by atoms with van der Waals surface area (Å²) in [7, 11) is 0. The Morgan fingerprint density at radius 2 is 2.33 bits per heavy atom. The maximum Gasteiger partial charge on any atom is 0.142 e. The quantitative estimate of drug-likeness (QED) is 0.904. The Morgan fingerprint density at radius 3 is 3.00 bits per heavy atom. The van der Waals surface area contributed by atoms with Crippen molar-refractivity contribution < 1.29 is 4.39 Å². The zero-order valence-corrected chi connectivity index (χ0v) is 10.7. The van der Waals surface area contributed by atoms with Crippen molar-refractivity contribution in [1.29, 1.82) is 0 Å². The highest BCUT2D eigenvalue weighted by molar-refractivity contribution is 9.10. The van der Waals surface area contributed by atoms with Crippen molar-refractivity contribution in [2.45, 2.75) is 12.5 Å². The van der Waals surface area contributed by atoms with Crippen LogP contribution in [0, 0.1) is 11.7 Å². The smallest absolute Gasteiger partial charge is 0.142 e. The number of hydrogen-bond donors (Lipinski definition) is 1. The van der Waals surface area contributed by atoms with E-state index in [2.05, 4.69) is 15.9 Å². The third-order valence-electron chi connectivity index (χ3n) is 2.81. The van der Waals surface area contributed by atoms with Gasteiger partial charge in [0.15, 0.2) is 0 Å². The summed E-state index contributed by atoms with van der Waals surface area (Å²) in [5.74, 6) is 2.40. The summed E-state index contributed by atoms with van der Waals surface area (Å²) in [6.45, 7) is 0. The predicted molar refractivity (Wildman–Crippen MR) is 66.5 cm³/mol. The third-order valence-corrected chi connectivity index (χ3v) is 4.61. The molecule has 1 aromatic rings. The standard InChI is InChI=1S/C11H13BrFNS/c12-9-3-1-2-8(10(9)13)11(14)7-4-5-15-6-7/h1-3,7,11H,4-6,14H2. The van der Waals surface area contributed by atoms with Crippen molar-refractivity contribution in [1.82, 2.24) is 0 Å². The molecule has 1 fully saturated rings. The molecule has 2 unspecified atom stereocenters. The fraction of sp³-hybridized carbons (Fsp3) is 0.455. The predicted octanol–water partition coefficient (Wildman–Crippen LogP) is 3.34. The number of halogens is 2. The zero-order valence-electron chi connectivity index (χ0n) is 8.25. The molecule has 82 valence electrons. The van der Waals surface area contributed by atoms with Crippen LogP contribution in [0.15, 0.2) is 22.7 Å². The number of thioether (sulfide) groups is 1. The Hall–Kier alpha value is -0.0600. The van der Waals surface area contributed by atoms with Gasteiger partial charge in [-0.05, 0) is 45.8 Å². The molecule has 0 spiro atoms. The molecule has 1 aromatic carbocycles. The van der Waals surface area contributed by atoms with E-state index >= 15 is 0 Å². The van der Waals surface area contributed by atoms with Crippen LogP contribution in [0.4, 0.5) is 4.39 Å². The molecule has 1 aliphatic heterocycles.